The minimum Gasteiger partial charge on any atom is -0.478 e. The number of carbonyl (C=O) groups is 1. The molecule has 1 saturated heterocycles. The average molecular weight is 187 g/mol. The molecule has 4 heteroatoms. The number of aliphatic carboxylic acids is 1. The molecule has 2 N–H and O–H groups in total. The molecular formula is C9H17NO3. The van der Waals surface area contributed by atoms with E-state index in [1.807, 2.05) is 0 Å². The molecule has 2 atom stereocenters. The number of nitrogens with one attached hydrogen (secondary N) is 1. The maximum Gasteiger partial charge on any atom is 0.348 e. The van der Waals surface area contributed by atoms with Gasteiger partial charge in [-0.3, -0.25) is 5.32 Å². The molecule has 0 amide bonds. The average Bonchev–Trinajstić information content (AvgIpc) is 2.03. The summed E-state index contributed by atoms with van der Waals surface area (Å²) in [5.41, 5.74) is 0.163. The Hall–Kier alpha value is -0.610. The molecule has 1 aliphatic heterocycles. The van der Waals surface area contributed by atoms with E-state index < -0.39 is 12.2 Å². The van der Waals surface area contributed by atoms with E-state index in [2.05, 4.69) is 26.1 Å². The molecular weight excluding hydrogens is 170 g/mol. The maximum absolute atomic E-state index is 10.5. The van der Waals surface area contributed by atoms with Crippen LogP contribution in [0.25, 0.3) is 0 Å². The van der Waals surface area contributed by atoms with Crippen molar-refractivity contribution in [3.63, 3.8) is 0 Å². The van der Waals surface area contributed by atoms with Crippen molar-refractivity contribution in [2.75, 3.05) is 13.2 Å². The van der Waals surface area contributed by atoms with Gasteiger partial charge in [-0.2, -0.15) is 0 Å². The van der Waals surface area contributed by atoms with Crippen molar-refractivity contribution < 1.29 is 14.6 Å². The van der Waals surface area contributed by atoms with E-state index in [-0.39, 0.29) is 5.41 Å². The van der Waals surface area contributed by atoms with Gasteiger partial charge in [-0.05, 0) is 11.3 Å². The van der Waals surface area contributed by atoms with E-state index >= 15 is 0 Å². The van der Waals surface area contributed by atoms with Crippen molar-refractivity contribution in [1.82, 2.24) is 5.32 Å². The minimum atomic E-state index is -0.938. The van der Waals surface area contributed by atoms with Crippen LogP contribution in [0.4, 0.5) is 0 Å². The molecule has 0 spiro atoms. The molecule has 0 saturated carbocycles. The van der Waals surface area contributed by atoms with Crippen LogP contribution in [0.1, 0.15) is 20.8 Å². The largest absolute Gasteiger partial charge is 0.478 e. The molecule has 0 bridgehead atoms. The van der Waals surface area contributed by atoms with Gasteiger partial charge in [-0.1, -0.05) is 20.8 Å². The summed E-state index contributed by atoms with van der Waals surface area (Å²) in [6.45, 7) is 7.62. The van der Waals surface area contributed by atoms with Crippen molar-refractivity contribution in [3.05, 3.63) is 0 Å². The van der Waals surface area contributed by atoms with Gasteiger partial charge in [-0.15, -0.1) is 0 Å². The summed E-state index contributed by atoms with van der Waals surface area (Å²) in [7, 11) is 0. The van der Waals surface area contributed by atoms with E-state index in [9.17, 15) is 4.79 Å². The first-order valence-electron chi connectivity index (χ1n) is 4.49. The van der Waals surface area contributed by atoms with Crippen molar-refractivity contribution in [3.8, 4) is 0 Å². The zero-order valence-corrected chi connectivity index (χ0v) is 8.33. The molecule has 1 heterocycles. The molecule has 0 aromatic heterocycles. The number of carboxylic acids is 1. The Kier molecular flexibility index (Phi) is 2.93. The van der Waals surface area contributed by atoms with Crippen LogP contribution in [-0.4, -0.2) is 30.5 Å². The van der Waals surface area contributed by atoms with Crippen LogP contribution in [-0.2, 0) is 9.53 Å². The van der Waals surface area contributed by atoms with Crippen LogP contribution in [0.3, 0.4) is 0 Å². The van der Waals surface area contributed by atoms with Crippen LogP contribution in [0.5, 0.6) is 0 Å². The van der Waals surface area contributed by atoms with Gasteiger partial charge in [0.25, 0.3) is 0 Å². The fraction of sp³-hybridized carbons (Fsp3) is 0.889. The SMILES string of the molecule is CC(C)(C)C1CNC(C(=O)O)OC1. The monoisotopic (exact) mass is 187 g/mol. The number of carboxylic acid groups (broad SMARTS) is 1. The van der Waals surface area contributed by atoms with E-state index in [1.165, 1.54) is 0 Å². The Morgan fingerprint density at radius 2 is 2.15 bits per heavy atom. The lowest BCUT2D eigenvalue weighted by Crippen LogP contribution is -2.50. The molecule has 76 valence electrons. The highest BCUT2D eigenvalue weighted by Crippen LogP contribution is 2.27. The summed E-state index contributed by atoms with van der Waals surface area (Å²) < 4.78 is 5.17. The van der Waals surface area contributed by atoms with Crippen LogP contribution >= 0.6 is 0 Å². The molecule has 4 nitrogen and oxygen atoms in total. The lowest BCUT2D eigenvalue weighted by Gasteiger charge is -2.36. The number of hydrogen-bond donors (Lipinski definition) is 2. The standard InChI is InChI=1S/C9H17NO3/c1-9(2,3)6-4-10-7(8(11)12)13-5-6/h6-7,10H,4-5H2,1-3H3,(H,11,12). The molecule has 0 radical (unpaired) electrons. The van der Waals surface area contributed by atoms with Gasteiger partial charge in [-0.25, -0.2) is 4.79 Å². The molecule has 0 aliphatic carbocycles. The third-order valence-corrected chi connectivity index (χ3v) is 2.46. The predicted molar refractivity (Wildman–Crippen MR) is 48.3 cm³/mol. The Bertz CT molecular complexity index is 190. The first-order valence-corrected chi connectivity index (χ1v) is 4.49. The van der Waals surface area contributed by atoms with Gasteiger partial charge in [0.05, 0.1) is 6.61 Å². The molecule has 1 rings (SSSR count). The van der Waals surface area contributed by atoms with Gasteiger partial charge < -0.3 is 9.84 Å². The quantitative estimate of drug-likeness (QED) is 0.633. The van der Waals surface area contributed by atoms with Crippen molar-refractivity contribution in [1.29, 1.82) is 0 Å². The van der Waals surface area contributed by atoms with Gasteiger partial charge in [0.1, 0.15) is 0 Å². The fourth-order valence-corrected chi connectivity index (χ4v) is 1.29. The Morgan fingerprint density at radius 1 is 1.54 bits per heavy atom. The van der Waals surface area contributed by atoms with Crippen molar-refractivity contribution >= 4 is 5.97 Å². The molecule has 13 heavy (non-hydrogen) atoms. The number of hydrogen-bond acceptors (Lipinski definition) is 3. The van der Waals surface area contributed by atoms with Crippen molar-refractivity contribution in [2.45, 2.75) is 27.0 Å². The molecule has 0 aromatic carbocycles. The Labute approximate surface area is 78.3 Å². The van der Waals surface area contributed by atoms with Crippen LogP contribution in [0, 0.1) is 11.3 Å². The lowest BCUT2D eigenvalue weighted by atomic mass is 9.81. The summed E-state index contributed by atoms with van der Waals surface area (Å²) in [6, 6.07) is 0. The second-order valence-corrected chi connectivity index (χ2v) is 4.52. The topological polar surface area (TPSA) is 58.6 Å². The highest BCUT2D eigenvalue weighted by molar-refractivity contribution is 5.71. The lowest BCUT2D eigenvalue weighted by molar-refractivity contribution is -0.159. The Morgan fingerprint density at radius 3 is 2.46 bits per heavy atom. The fourth-order valence-electron chi connectivity index (χ4n) is 1.29. The second kappa shape index (κ2) is 3.64. The predicted octanol–water partition coefficient (Wildman–Crippen LogP) is 0.679. The van der Waals surface area contributed by atoms with E-state index in [4.69, 9.17) is 9.84 Å². The normalized spacial score (nSPS) is 30.1. The minimum absolute atomic E-state index is 0.163. The van der Waals surface area contributed by atoms with Crippen LogP contribution in [0.15, 0.2) is 0 Å². The van der Waals surface area contributed by atoms with Gasteiger partial charge in [0.15, 0.2) is 0 Å². The third kappa shape index (κ3) is 2.67. The zero-order valence-electron chi connectivity index (χ0n) is 8.33. The molecule has 2 unspecified atom stereocenters. The van der Waals surface area contributed by atoms with E-state index in [1.54, 1.807) is 0 Å². The number of ether oxygens (including phenoxy) is 1. The summed E-state index contributed by atoms with van der Waals surface area (Å²) in [6.07, 6.45) is -0.821. The van der Waals surface area contributed by atoms with Gasteiger partial charge in [0.2, 0.25) is 6.23 Å². The molecule has 0 aromatic rings. The molecule has 1 aliphatic rings. The smallest absolute Gasteiger partial charge is 0.348 e. The van der Waals surface area contributed by atoms with Crippen LogP contribution in [0.2, 0.25) is 0 Å². The third-order valence-electron chi connectivity index (χ3n) is 2.46. The summed E-state index contributed by atoms with van der Waals surface area (Å²) >= 11 is 0. The summed E-state index contributed by atoms with van der Waals surface area (Å²) in [5, 5.41) is 11.5. The highest BCUT2D eigenvalue weighted by Gasteiger charge is 2.32. The second-order valence-electron chi connectivity index (χ2n) is 4.52. The van der Waals surface area contributed by atoms with E-state index in [0.717, 1.165) is 0 Å². The zero-order chi connectivity index (χ0) is 10.1. The summed E-state index contributed by atoms with van der Waals surface area (Å²) in [5.74, 6) is -0.560. The first-order chi connectivity index (χ1) is 5.91. The van der Waals surface area contributed by atoms with E-state index in [0.29, 0.717) is 19.1 Å². The highest BCUT2D eigenvalue weighted by atomic mass is 16.5. The first kappa shape index (κ1) is 10.5. The number of rotatable bonds is 1. The van der Waals surface area contributed by atoms with Crippen LogP contribution < -0.4 is 5.32 Å². The molecule has 1 fully saturated rings. The Balaban J connectivity index is 2.44. The van der Waals surface area contributed by atoms with Gasteiger partial charge >= 0.3 is 5.97 Å². The van der Waals surface area contributed by atoms with Crippen molar-refractivity contribution in [2.24, 2.45) is 11.3 Å². The summed E-state index contributed by atoms with van der Waals surface area (Å²) in [4.78, 5) is 10.5. The van der Waals surface area contributed by atoms with Gasteiger partial charge in [0, 0.05) is 6.54 Å². The maximum atomic E-state index is 10.5.